The molecule has 2 amide bonds. The molecule has 3 aromatic rings. The summed E-state index contributed by atoms with van der Waals surface area (Å²) in [5.41, 5.74) is 2.21. The van der Waals surface area contributed by atoms with E-state index in [4.69, 9.17) is 0 Å². The molecule has 4 rings (SSSR count). The maximum absolute atomic E-state index is 13.1. The van der Waals surface area contributed by atoms with Gasteiger partial charge in [0.2, 0.25) is 11.0 Å². The van der Waals surface area contributed by atoms with Gasteiger partial charge in [0, 0.05) is 5.69 Å². The molecule has 136 valence electrons. The molecule has 0 saturated carbocycles. The van der Waals surface area contributed by atoms with E-state index in [1.54, 1.807) is 6.07 Å². The first-order valence-corrected chi connectivity index (χ1v) is 9.25. The first-order valence-electron chi connectivity index (χ1n) is 8.43. The van der Waals surface area contributed by atoms with Gasteiger partial charge in [0.05, 0.1) is 5.56 Å². The Balaban J connectivity index is 1.62. The molecule has 0 spiro atoms. The molecule has 2 heterocycles. The van der Waals surface area contributed by atoms with Crippen molar-refractivity contribution in [1.29, 1.82) is 0 Å². The number of nitrogens with zero attached hydrogens (tertiary/aromatic N) is 3. The Kier molecular flexibility index (Phi) is 4.55. The molecule has 0 saturated heterocycles. The zero-order valence-electron chi connectivity index (χ0n) is 14.5. The maximum atomic E-state index is 13.1. The molecule has 0 fully saturated rings. The van der Waals surface area contributed by atoms with Crippen molar-refractivity contribution in [2.75, 3.05) is 17.2 Å². The molecule has 0 aliphatic carbocycles. The second kappa shape index (κ2) is 7.16. The molecule has 7 nitrogen and oxygen atoms in total. The quantitative estimate of drug-likeness (QED) is 0.727. The van der Waals surface area contributed by atoms with Gasteiger partial charge in [0.1, 0.15) is 17.7 Å². The Morgan fingerprint density at radius 1 is 1.15 bits per heavy atom. The highest BCUT2D eigenvalue weighted by Gasteiger charge is 2.34. The Morgan fingerprint density at radius 2 is 1.89 bits per heavy atom. The SMILES string of the molecule is Cc1nnc(NC(=O)CN2C(=O)c3ccccc3NC2c2ccccc2)s1. The number of nitrogens with one attached hydrogen (secondary N) is 2. The van der Waals surface area contributed by atoms with E-state index in [0.29, 0.717) is 10.7 Å². The Morgan fingerprint density at radius 3 is 2.63 bits per heavy atom. The highest BCUT2D eigenvalue weighted by atomic mass is 32.1. The lowest BCUT2D eigenvalue weighted by molar-refractivity contribution is -0.117. The predicted molar refractivity (Wildman–Crippen MR) is 104 cm³/mol. The van der Waals surface area contributed by atoms with E-state index < -0.39 is 6.17 Å². The van der Waals surface area contributed by atoms with Crippen LogP contribution in [0.3, 0.4) is 0 Å². The van der Waals surface area contributed by atoms with Crippen molar-refractivity contribution < 1.29 is 9.59 Å². The highest BCUT2D eigenvalue weighted by molar-refractivity contribution is 7.15. The standard InChI is InChI=1S/C19H17N5O2S/c1-12-22-23-19(27-12)21-16(25)11-24-17(13-7-3-2-4-8-13)20-15-10-6-5-9-14(15)18(24)26/h2-10,17,20H,11H2,1H3,(H,21,23,25). The number of hydrogen-bond donors (Lipinski definition) is 2. The summed E-state index contributed by atoms with van der Waals surface area (Å²) in [6, 6.07) is 16.9. The fourth-order valence-corrected chi connectivity index (χ4v) is 3.62. The van der Waals surface area contributed by atoms with Crippen LogP contribution in [0.25, 0.3) is 0 Å². The number of carbonyl (C=O) groups excluding carboxylic acids is 2. The molecule has 0 radical (unpaired) electrons. The van der Waals surface area contributed by atoms with Gasteiger partial charge in [-0.1, -0.05) is 53.8 Å². The molecule has 1 aliphatic rings. The van der Waals surface area contributed by atoms with Crippen LogP contribution in [0.15, 0.2) is 54.6 Å². The monoisotopic (exact) mass is 379 g/mol. The number of para-hydroxylation sites is 1. The predicted octanol–water partition coefficient (Wildman–Crippen LogP) is 3.05. The number of aromatic nitrogens is 2. The molecule has 8 heteroatoms. The Bertz CT molecular complexity index is 989. The summed E-state index contributed by atoms with van der Waals surface area (Å²) >= 11 is 1.29. The van der Waals surface area contributed by atoms with Gasteiger partial charge in [0.25, 0.3) is 5.91 Å². The van der Waals surface area contributed by atoms with E-state index in [2.05, 4.69) is 20.8 Å². The Hall–Kier alpha value is -3.26. The second-order valence-corrected chi connectivity index (χ2v) is 7.29. The van der Waals surface area contributed by atoms with Crippen LogP contribution < -0.4 is 10.6 Å². The van der Waals surface area contributed by atoms with E-state index in [9.17, 15) is 9.59 Å². The van der Waals surface area contributed by atoms with E-state index >= 15 is 0 Å². The first-order chi connectivity index (χ1) is 13.1. The maximum Gasteiger partial charge on any atom is 0.258 e. The van der Waals surface area contributed by atoms with Crippen molar-refractivity contribution in [3.05, 3.63) is 70.7 Å². The zero-order chi connectivity index (χ0) is 18.8. The minimum atomic E-state index is -0.435. The number of carbonyl (C=O) groups is 2. The number of benzene rings is 2. The van der Waals surface area contributed by atoms with Gasteiger partial charge in [-0.05, 0) is 24.6 Å². The van der Waals surface area contributed by atoms with Crippen LogP contribution in [0.4, 0.5) is 10.8 Å². The van der Waals surface area contributed by atoms with Gasteiger partial charge < -0.3 is 10.2 Å². The first kappa shape index (κ1) is 17.2. The summed E-state index contributed by atoms with van der Waals surface area (Å²) in [6.45, 7) is 1.71. The normalized spacial score (nSPS) is 15.8. The average molecular weight is 379 g/mol. The summed E-state index contributed by atoms with van der Waals surface area (Å²) < 4.78 is 0. The third-order valence-corrected chi connectivity index (χ3v) is 4.98. The lowest BCUT2D eigenvalue weighted by Gasteiger charge is -2.37. The van der Waals surface area contributed by atoms with Crippen LogP contribution in [0, 0.1) is 6.92 Å². The minimum Gasteiger partial charge on any atom is -0.361 e. The molecule has 2 N–H and O–H groups in total. The Labute approximate surface area is 160 Å². The van der Waals surface area contributed by atoms with Gasteiger partial charge in [-0.2, -0.15) is 0 Å². The molecule has 27 heavy (non-hydrogen) atoms. The van der Waals surface area contributed by atoms with Crippen molar-refractivity contribution in [3.8, 4) is 0 Å². The lowest BCUT2D eigenvalue weighted by Crippen LogP contribution is -2.46. The van der Waals surface area contributed by atoms with Gasteiger partial charge in [0.15, 0.2) is 0 Å². The second-order valence-electron chi connectivity index (χ2n) is 6.11. The van der Waals surface area contributed by atoms with Crippen LogP contribution in [-0.2, 0) is 4.79 Å². The van der Waals surface area contributed by atoms with Gasteiger partial charge >= 0.3 is 0 Å². The number of fused-ring (bicyclic) bond motifs is 1. The molecule has 0 bridgehead atoms. The summed E-state index contributed by atoms with van der Waals surface area (Å²) in [6.07, 6.45) is -0.435. The fourth-order valence-electron chi connectivity index (χ4n) is 3.01. The minimum absolute atomic E-state index is 0.0989. The molecular formula is C19H17N5O2S. The molecule has 1 aliphatic heterocycles. The van der Waals surface area contributed by atoms with Gasteiger partial charge in [-0.15, -0.1) is 10.2 Å². The smallest absolute Gasteiger partial charge is 0.258 e. The molecule has 1 aromatic heterocycles. The van der Waals surface area contributed by atoms with Gasteiger partial charge in [-0.3, -0.25) is 14.9 Å². The van der Waals surface area contributed by atoms with Crippen LogP contribution in [-0.4, -0.2) is 33.5 Å². The van der Waals surface area contributed by atoms with Crippen molar-refractivity contribution in [1.82, 2.24) is 15.1 Å². The fraction of sp³-hybridized carbons (Fsp3) is 0.158. The topological polar surface area (TPSA) is 87.2 Å². The molecule has 2 aromatic carbocycles. The summed E-state index contributed by atoms with van der Waals surface area (Å²) in [5, 5.41) is 15.0. The number of anilines is 2. The van der Waals surface area contributed by atoms with Crippen molar-refractivity contribution in [3.63, 3.8) is 0 Å². The third kappa shape index (κ3) is 3.52. The zero-order valence-corrected chi connectivity index (χ0v) is 15.4. The van der Waals surface area contributed by atoms with E-state index in [0.717, 1.165) is 16.3 Å². The lowest BCUT2D eigenvalue weighted by atomic mass is 10.0. The number of hydrogen-bond acceptors (Lipinski definition) is 6. The molecular weight excluding hydrogens is 362 g/mol. The number of amides is 2. The molecule has 1 atom stereocenters. The average Bonchev–Trinajstić information content (AvgIpc) is 3.09. The third-order valence-electron chi connectivity index (χ3n) is 4.22. The number of aryl methyl sites for hydroxylation is 1. The van der Waals surface area contributed by atoms with E-state index in [1.807, 2.05) is 55.5 Å². The van der Waals surface area contributed by atoms with Crippen molar-refractivity contribution in [2.24, 2.45) is 0 Å². The van der Waals surface area contributed by atoms with Crippen LogP contribution in [0.1, 0.15) is 27.1 Å². The largest absolute Gasteiger partial charge is 0.361 e. The van der Waals surface area contributed by atoms with Crippen LogP contribution in [0.2, 0.25) is 0 Å². The van der Waals surface area contributed by atoms with E-state index in [1.165, 1.54) is 16.2 Å². The van der Waals surface area contributed by atoms with Crippen molar-refractivity contribution >= 4 is 34.0 Å². The highest BCUT2D eigenvalue weighted by Crippen LogP contribution is 2.32. The summed E-state index contributed by atoms with van der Waals surface area (Å²) in [5.74, 6) is -0.511. The van der Waals surface area contributed by atoms with Crippen molar-refractivity contribution in [2.45, 2.75) is 13.1 Å². The van der Waals surface area contributed by atoms with Crippen LogP contribution >= 0.6 is 11.3 Å². The summed E-state index contributed by atoms with van der Waals surface area (Å²) in [7, 11) is 0. The van der Waals surface area contributed by atoms with Gasteiger partial charge in [-0.25, -0.2) is 0 Å². The van der Waals surface area contributed by atoms with E-state index in [-0.39, 0.29) is 18.4 Å². The number of rotatable bonds is 4. The molecule has 1 unspecified atom stereocenters. The summed E-state index contributed by atoms with van der Waals surface area (Å²) in [4.78, 5) is 27.1. The van der Waals surface area contributed by atoms with Crippen LogP contribution in [0.5, 0.6) is 0 Å².